The van der Waals surface area contributed by atoms with E-state index in [-0.39, 0.29) is 11.9 Å². The van der Waals surface area contributed by atoms with Crippen molar-refractivity contribution in [3.05, 3.63) is 70.4 Å². The van der Waals surface area contributed by atoms with Crippen LogP contribution in [0, 0.1) is 0 Å². The monoisotopic (exact) mass is 363 g/mol. The van der Waals surface area contributed by atoms with Crippen LogP contribution in [-0.2, 0) is 7.05 Å². The summed E-state index contributed by atoms with van der Waals surface area (Å²) in [6.07, 6.45) is 0. The van der Waals surface area contributed by atoms with E-state index in [0.29, 0.717) is 11.3 Å². The van der Waals surface area contributed by atoms with Crippen molar-refractivity contribution >= 4 is 16.9 Å². The maximum absolute atomic E-state index is 12.6. The maximum Gasteiger partial charge on any atom is 0.365 e. The first-order valence-electron chi connectivity index (χ1n) is 8.37. The predicted octanol–water partition coefficient (Wildman–Crippen LogP) is 1.33. The quantitative estimate of drug-likeness (QED) is 0.568. The highest BCUT2D eigenvalue weighted by Gasteiger charge is 2.17. The molecule has 0 radical (unpaired) electrons. The molecule has 0 aliphatic rings. The number of aromatic amines is 1. The SMILES string of the molecule is CC(NC(=O)c1ccc(-n2nn[nH]c2=O)cc1)c1nc2ccccc2n1C. The summed E-state index contributed by atoms with van der Waals surface area (Å²) in [5.41, 5.74) is 2.45. The Morgan fingerprint density at radius 1 is 1.15 bits per heavy atom. The van der Waals surface area contributed by atoms with Gasteiger partial charge in [-0.05, 0) is 53.7 Å². The summed E-state index contributed by atoms with van der Waals surface area (Å²) in [6.45, 7) is 1.89. The second-order valence-electron chi connectivity index (χ2n) is 6.18. The van der Waals surface area contributed by atoms with Gasteiger partial charge in [-0.1, -0.05) is 12.1 Å². The number of nitrogens with zero attached hydrogens (tertiary/aromatic N) is 5. The largest absolute Gasteiger partial charge is 0.365 e. The maximum atomic E-state index is 12.6. The number of aryl methyl sites for hydroxylation is 1. The van der Waals surface area contributed by atoms with E-state index in [0.717, 1.165) is 21.5 Å². The third-order valence-corrected chi connectivity index (χ3v) is 4.40. The number of hydrogen-bond acceptors (Lipinski definition) is 5. The van der Waals surface area contributed by atoms with Gasteiger partial charge >= 0.3 is 5.69 Å². The molecule has 27 heavy (non-hydrogen) atoms. The lowest BCUT2D eigenvalue weighted by Crippen LogP contribution is -2.28. The van der Waals surface area contributed by atoms with Crippen molar-refractivity contribution in [2.45, 2.75) is 13.0 Å². The number of carbonyl (C=O) groups excluding carboxylic acids is 1. The smallest absolute Gasteiger partial charge is 0.342 e. The van der Waals surface area contributed by atoms with Crippen LogP contribution >= 0.6 is 0 Å². The number of rotatable bonds is 4. The van der Waals surface area contributed by atoms with Crippen LogP contribution in [0.2, 0.25) is 0 Å². The lowest BCUT2D eigenvalue weighted by molar-refractivity contribution is 0.0938. The van der Waals surface area contributed by atoms with Gasteiger partial charge in [0.25, 0.3) is 5.91 Å². The first-order valence-corrected chi connectivity index (χ1v) is 8.37. The highest BCUT2D eigenvalue weighted by Crippen LogP contribution is 2.19. The highest BCUT2D eigenvalue weighted by molar-refractivity contribution is 5.94. The van der Waals surface area contributed by atoms with Crippen molar-refractivity contribution in [1.82, 2.24) is 35.1 Å². The fourth-order valence-corrected chi connectivity index (χ4v) is 3.02. The Morgan fingerprint density at radius 2 is 1.89 bits per heavy atom. The number of tetrazole rings is 1. The Balaban J connectivity index is 1.53. The van der Waals surface area contributed by atoms with Gasteiger partial charge in [0.1, 0.15) is 5.82 Å². The summed E-state index contributed by atoms with van der Waals surface area (Å²) < 4.78 is 3.09. The molecule has 4 rings (SSSR count). The van der Waals surface area contributed by atoms with E-state index in [4.69, 9.17) is 0 Å². The summed E-state index contributed by atoms with van der Waals surface area (Å²) in [5.74, 6) is 0.545. The molecule has 1 atom stereocenters. The minimum Gasteiger partial charge on any atom is -0.342 e. The Bertz CT molecular complexity index is 1170. The van der Waals surface area contributed by atoms with Crippen molar-refractivity contribution in [2.24, 2.45) is 7.05 Å². The number of aromatic nitrogens is 6. The van der Waals surface area contributed by atoms with Crippen molar-refractivity contribution in [3.63, 3.8) is 0 Å². The number of carbonyl (C=O) groups is 1. The zero-order valence-electron chi connectivity index (χ0n) is 14.7. The van der Waals surface area contributed by atoms with E-state index in [9.17, 15) is 9.59 Å². The Hall–Kier alpha value is -3.75. The van der Waals surface area contributed by atoms with E-state index >= 15 is 0 Å². The van der Waals surface area contributed by atoms with E-state index in [1.807, 2.05) is 42.8 Å². The fourth-order valence-electron chi connectivity index (χ4n) is 3.02. The van der Waals surface area contributed by atoms with Gasteiger partial charge in [0.15, 0.2) is 0 Å². The standard InChI is InChI=1S/C18H17N7O2/c1-11(16-20-14-5-3-4-6-15(14)24(16)2)19-17(26)12-7-9-13(10-8-12)25-18(27)21-22-23-25/h3-11H,1-2H3,(H,19,26)(H,21,23,27). The lowest BCUT2D eigenvalue weighted by atomic mass is 10.2. The van der Waals surface area contributed by atoms with Crippen LogP contribution < -0.4 is 11.0 Å². The molecule has 0 spiro atoms. The highest BCUT2D eigenvalue weighted by atomic mass is 16.2. The molecular weight excluding hydrogens is 346 g/mol. The van der Waals surface area contributed by atoms with Crippen molar-refractivity contribution in [1.29, 1.82) is 0 Å². The molecule has 1 amide bonds. The Kier molecular flexibility index (Phi) is 4.03. The fraction of sp³-hybridized carbons (Fsp3) is 0.167. The summed E-state index contributed by atoms with van der Waals surface area (Å²) in [5, 5.41) is 12.3. The zero-order valence-corrected chi connectivity index (χ0v) is 14.7. The third kappa shape index (κ3) is 2.99. The van der Waals surface area contributed by atoms with Crippen LogP contribution in [0.4, 0.5) is 0 Å². The summed E-state index contributed by atoms with van der Waals surface area (Å²) >= 11 is 0. The average Bonchev–Trinajstić information content (AvgIpc) is 3.25. The molecule has 2 aromatic carbocycles. The summed E-state index contributed by atoms with van der Waals surface area (Å²) in [4.78, 5) is 28.7. The van der Waals surface area contributed by atoms with Gasteiger partial charge in [-0.2, -0.15) is 4.68 Å². The summed E-state index contributed by atoms with van der Waals surface area (Å²) in [7, 11) is 1.93. The second-order valence-corrected chi connectivity index (χ2v) is 6.18. The molecule has 2 aromatic heterocycles. The van der Waals surface area contributed by atoms with Crippen LogP contribution in [0.3, 0.4) is 0 Å². The number of hydrogen-bond donors (Lipinski definition) is 2. The first-order chi connectivity index (χ1) is 13.0. The Morgan fingerprint density at radius 3 is 2.56 bits per heavy atom. The van der Waals surface area contributed by atoms with E-state index < -0.39 is 5.69 Å². The van der Waals surface area contributed by atoms with Gasteiger partial charge < -0.3 is 9.88 Å². The van der Waals surface area contributed by atoms with Gasteiger partial charge in [-0.3, -0.25) is 4.79 Å². The number of benzene rings is 2. The van der Waals surface area contributed by atoms with Crippen LogP contribution in [0.25, 0.3) is 16.7 Å². The molecule has 4 aromatic rings. The molecule has 0 saturated carbocycles. The topological polar surface area (TPSA) is 110 Å². The van der Waals surface area contributed by atoms with Crippen molar-refractivity contribution < 1.29 is 4.79 Å². The van der Waals surface area contributed by atoms with Gasteiger partial charge in [0.2, 0.25) is 0 Å². The van der Waals surface area contributed by atoms with E-state index in [1.54, 1.807) is 24.3 Å². The van der Waals surface area contributed by atoms with E-state index in [2.05, 4.69) is 25.8 Å². The molecule has 136 valence electrons. The molecular formula is C18H17N7O2. The Labute approximate surface area is 153 Å². The minimum atomic E-state index is -0.442. The van der Waals surface area contributed by atoms with Crippen LogP contribution in [0.15, 0.2) is 53.3 Å². The molecule has 0 bridgehead atoms. The van der Waals surface area contributed by atoms with Crippen LogP contribution in [0.5, 0.6) is 0 Å². The molecule has 9 nitrogen and oxygen atoms in total. The number of para-hydroxylation sites is 2. The molecule has 9 heteroatoms. The number of fused-ring (bicyclic) bond motifs is 1. The van der Waals surface area contributed by atoms with Gasteiger partial charge in [0, 0.05) is 12.6 Å². The number of nitrogens with one attached hydrogen (secondary N) is 2. The molecule has 0 aliphatic heterocycles. The van der Waals surface area contributed by atoms with Crippen LogP contribution in [0.1, 0.15) is 29.1 Å². The molecule has 1 unspecified atom stereocenters. The molecule has 2 N–H and O–H groups in total. The third-order valence-electron chi connectivity index (χ3n) is 4.40. The number of H-pyrrole nitrogens is 1. The summed E-state index contributed by atoms with van der Waals surface area (Å²) in [6, 6.07) is 14.1. The van der Waals surface area contributed by atoms with Crippen molar-refractivity contribution in [3.8, 4) is 5.69 Å². The van der Waals surface area contributed by atoms with Crippen molar-refractivity contribution in [2.75, 3.05) is 0 Å². The van der Waals surface area contributed by atoms with Gasteiger partial charge in [-0.15, -0.1) is 0 Å². The number of imidazole rings is 1. The first kappa shape index (κ1) is 16.7. The average molecular weight is 363 g/mol. The molecule has 0 fully saturated rings. The molecule has 0 saturated heterocycles. The lowest BCUT2D eigenvalue weighted by Gasteiger charge is -2.14. The van der Waals surface area contributed by atoms with Gasteiger partial charge in [-0.25, -0.2) is 14.9 Å². The predicted molar refractivity (Wildman–Crippen MR) is 98.6 cm³/mol. The molecule has 0 aliphatic carbocycles. The molecule has 2 heterocycles. The van der Waals surface area contributed by atoms with E-state index in [1.165, 1.54) is 0 Å². The normalized spacial score (nSPS) is 12.2. The van der Waals surface area contributed by atoms with Gasteiger partial charge in [0.05, 0.1) is 22.8 Å². The second kappa shape index (κ2) is 6.52. The zero-order chi connectivity index (χ0) is 19.0. The number of amides is 1. The minimum absolute atomic E-state index is 0.228. The van der Waals surface area contributed by atoms with Crippen LogP contribution in [-0.4, -0.2) is 35.7 Å².